The Morgan fingerprint density at radius 1 is 0.457 bits per heavy atom. The minimum atomic E-state index is -2.29. The molecule has 0 fully saturated rings. The summed E-state index contributed by atoms with van der Waals surface area (Å²) >= 11 is 0. The number of aliphatic carboxylic acids is 1. The minimum absolute atomic E-state index is 0. The average Bonchev–Trinajstić information content (AvgIpc) is 3.08. The molecule has 4 aromatic rings. The number of aliphatic hydroxyl groups is 4. The van der Waals surface area contributed by atoms with Crippen molar-refractivity contribution >= 4 is 31.2 Å². The Kier molecular flexibility index (Phi) is 15.4. The summed E-state index contributed by atoms with van der Waals surface area (Å²) in [6.07, 6.45) is -6.85. The van der Waals surface area contributed by atoms with E-state index in [9.17, 15) is 39.6 Å². The first-order valence-corrected chi connectivity index (χ1v) is 13.3. The van der Waals surface area contributed by atoms with Gasteiger partial charge in [0.25, 0.3) is 0 Å². The van der Waals surface area contributed by atoms with Gasteiger partial charge in [0.15, 0.2) is 18.3 Å². The van der Waals surface area contributed by atoms with Crippen molar-refractivity contribution < 1.29 is 77.5 Å². The van der Waals surface area contributed by atoms with Crippen LogP contribution in [0.2, 0.25) is 0 Å². The van der Waals surface area contributed by atoms with Gasteiger partial charge in [-0.1, -0.05) is 121 Å². The maximum Gasteiger partial charge on any atom is 1.00 e. The van der Waals surface area contributed by atoms with Crippen molar-refractivity contribution in [3.8, 4) is 0 Å². The standard InChI is InChI=1S/C24H21BO9.C8H8O3.Li/c26-19(16-10-4-1-5-11-16)22(29)32-25(33-23(30)20(27)17-12-6-2-7-13-17)34-24(31)21(28)18-14-8-3-9-15-18;9-7(8(10)11)6-4-2-1-3-5-6;/h1-15,19-21,26-28H;1-5,7,9H,(H,10,11);/q;;+1/p-1. The van der Waals surface area contributed by atoms with E-state index >= 15 is 0 Å². The average molecular weight is 622 g/mol. The van der Waals surface area contributed by atoms with Crippen LogP contribution in [0.1, 0.15) is 46.7 Å². The van der Waals surface area contributed by atoms with Crippen LogP contribution < -0.4 is 24.0 Å². The van der Waals surface area contributed by atoms with Gasteiger partial charge in [-0.2, -0.15) is 0 Å². The third-order valence-corrected chi connectivity index (χ3v) is 5.99. The van der Waals surface area contributed by atoms with Crippen LogP contribution in [-0.2, 0) is 33.1 Å². The molecule has 0 amide bonds. The van der Waals surface area contributed by atoms with Crippen molar-refractivity contribution in [3.05, 3.63) is 144 Å². The predicted molar refractivity (Wildman–Crippen MR) is 155 cm³/mol. The topological polar surface area (TPSA) is 200 Å². The Hall–Kier alpha value is -4.74. The monoisotopic (exact) mass is 622 g/mol. The number of benzene rings is 4. The van der Waals surface area contributed by atoms with Crippen LogP contribution in [0.4, 0.5) is 0 Å². The summed E-state index contributed by atoms with van der Waals surface area (Å²) in [6, 6.07) is 31.3. The third-order valence-electron chi connectivity index (χ3n) is 5.99. The molecule has 14 heteroatoms. The minimum Gasteiger partial charge on any atom is -0.547 e. The van der Waals surface area contributed by atoms with Crippen LogP contribution in [0.3, 0.4) is 0 Å². The SMILES string of the molecule is O=C(OB(OC(=O)C(O)c1ccccc1)OC(=O)C(O)c1ccccc1)C(O)c1ccccc1.O=C([O-])C(O)c1ccccc1.[Li+]. The Balaban J connectivity index is 0.000000519. The molecule has 0 heterocycles. The zero-order valence-corrected chi connectivity index (χ0v) is 24.5. The summed E-state index contributed by atoms with van der Waals surface area (Å²) in [5.41, 5.74) is 0.875. The van der Waals surface area contributed by atoms with Crippen molar-refractivity contribution in [2.75, 3.05) is 0 Å². The van der Waals surface area contributed by atoms with E-state index in [1.54, 1.807) is 72.8 Å². The number of aliphatic hydroxyl groups excluding tert-OH is 4. The molecule has 0 aliphatic heterocycles. The van der Waals surface area contributed by atoms with Crippen molar-refractivity contribution in [2.45, 2.75) is 24.4 Å². The Morgan fingerprint density at radius 2 is 0.674 bits per heavy atom. The van der Waals surface area contributed by atoms with Crippen molar-refractivity contribution in [1.82, 2.24) is 0 Å². The molecule has 0 spiro atoms. The van der Waals surface area contributed by atoms with E-state index in [-0.39, 0.29) is 35.6 Å². The molecule has 4 rings (SSSR count). The molecule has 4 aromatic carbocycles. The van der Waals surface area contributed by atoms with Crippen LogP contribution in [0.15, 0.2) is 121 Å². The molecule has 4 atom stereocenters. The van der Waals surface area contributed by atoms with Crippen LogP contribution in [0.25, 0.3) is 0 Å². The summed E-state index contributed by atoms with van der Waals surface area (Å²) in [4.78, 5) is 47.4. The number of carboxylic acid groups (broad SMARTS) is 1. The first kappa shape index (κ1) is 37.4. The molecule has 4 N–H and O–H groups in total. The number of rotatable bonds is 11. The van der Waals surface area contributed by atoms with Crippen LogP contribution in [-0.4, -0.2) is 51.6 Å². The molecule has 0 saturated heterocycles. The zero-order valence-electron chi connectivity index (χ0n) is 24.5. The third kappa shape index (κ3) is 11.3. The molecular weight excluding hydrogens is 594 g/mol. The van der Waals surface area contributed by atoms with E-state index in [0.29, 0.717) is 5.56 Å². The largest absolute Gasteiger partial charge is 1.00 e. The maximum absolute atomic E-state index is 12.4. The number of hydrogen-bond acceptors (Lipinski definition) is 12. The first-order chi connectivity index (χ1) is 21.6. The summed E-state index contributed by atoms with van der Waals surface area (Å²) in [6.45, 7) is 0. The van der Waals surface area contributed by atoms with Gasteiger partial charge >= 0.3 is 44.1 Å². The van der Waals surface area contributed by atoms with Gasteiger partial charge in [0, 0.05) is 0 Å². The fourth-order valence-corrected chi connectivity index (χ4v) is 3.64. The summed E-state index contributed by atoms with van der Waals surface area (Å²) < 4.78 is 14.6. The Bertz CT molecular complexity index is 1390. The van der Waals surface area contributed by atoms with Crippen molar-refractivity contribution in [1.29, 1.82) is 0 Å². The smallest absolute Gasteiger partial charge is 0.547 e. The summed E-state index contributed by atoms with van der Waals surface area (Å²) in [5, 5.41) is 49.8. The first-order valence-electron chi connectivity index (χ1n) is 13.3. The fourth-order valence-electron chi connectivity index (χ4n) is 3.64. The molecule has 0 aliphatic carbocycles. The second kappa shape index (κ2) is 18.9. The molecule has 0 aromatic heterocycles. The van der Waals surface area contributed by atoms with Crippen LogP contribution in [0.5, 0.6) is 0 Å². The molecule has 46 heavy (non-hydrogen) atoms. The number of hydrogen-bond donors (Lipinski definition) is 4. The van der Waals surface area contributed by atoms with E-state index < -0.39 is 55.6 Å². The van der Waals surface area contributed by atoms with E-state index in [4.69, 9.17) is 19.1 Å². The van der Waals surface area contributed by atoms with Crippen molar-refractivity contribution in [2.24, 2.45) is 0 Å². The Morgan fingerprint density at radius 3 is 0.891 bits per heavy atom. The zero-order chi connectivity index (χ0) is 32.8. The number of carboxylic acids is 1. The molecule has 0 radical (unpaired) electrons. The number of carbonyl (C=O) groups is 4. The quantitative estimate of drug-likeness (QED) is 0.138. The van der Waals surface area contributed by atoms with Gasteiger partial charge in [-0.25, -0.2) is 0 Å². The van der Waals surface area contributed by atoms with E-state index in [0.717, 1.165) is 0 Å². The van der Waals surface area contributed by atoms with Crippen LogP contribution >= 0.6 is 0 Å². The second-order valence-corrected chi connectivity index (χ2v) is 9.17. The molecule has 0 bridgehead atoms. The summed E-state index contributed by atoms with van der Waals surface area (Å²) in [5.74, 6) is -5.35. The molecule has 232 valence electrons. The Labute approximate surface area is 276 Å². The van der Waals surface area contributed by atoms with Gasteiger partial charge in [0.05, 0.1) is 5.97 Å². The molecule has 0 aliphatic rings. The van der Waals surface area contributed by atoms with E-state index in [2.05, 4.69) is 0 Å². The van der Waals surface area contributed by atoms with Crippen LogP contribution in [0, 0.1) is 0 Å². The van der Waals surface area contributed by atoms with Gasteiger partial charge in [-0.3, -0.25) is 14.4 Å². The van der Waals surface area contributed by atoms with Gasteiger partial charge < -0.3 is 44.3 Å². The van der Waals surface area contributed by atoms with Gasteiger partial charge in [0.2, 0.25) is 0 Å². The molecular formula is C32H28BLiO12. The number of carbonyl (C=O) groups excluding carboxylic acids is 4. The normalized spacial score (nSPS) is 12.7. The predicted octanol–water partition coefficient (Wildman–Crippen LogP) is -1.72. The van der Waals surface area contributed by atoms with E-state index in [1.807, 2.05) is 0 Å². The molecule has 12 nitrogen and oxygen atoms in total. The van der Waals surface area contributed by atoms with Gasteiger partial charge in [-0.05, 0) is 22.3 Å². The molecule has 0 saturated carbocycles. The van der Waals surface area contributed by atoms with Gasteiger partial charge in [-0.15, -0.1) is 0 Å². The van der Waals surface area contributed by atoms with E-state index in [1.165, 1.54) is 48.5 Å². The molecule has 4 unspecified atom stereocenters. The van der Waals surface area contributed by atoms with Crippen molar-refractivity contribution in [3.63, 3.8) is 0 Å². The second-order valence-electron chi connectivity index (χ2n) is 9.17. The fraction of sp³-hybridized carbons (Fsp3) is 0.125. The summed E-state index contributed by atoms with van der Waals surface area (Å²) in [7, 11) is -2.29. The van der Waals surface area contributed by atoms with Gasteiger partial charge in [0.1, 0.15) is 6.10 Å². The maximum atomic E-state index is 12.4.